The van der Waals surface area contributed by atoms with Gasteiger partial charge in [-0.2, -0.15) is 13.2 Å². The molecule has 0 bridgehead atoms. The standard InChI is InChI=1S/C24H16F3N7O2/c25-24(26,27)14-7-9-28-18(11-14)21-32-33-22(36-21)23(35)34-10-8-16-19(30-12-29-16)20(34)17-6-5-13-3-1-2-4-15(13)31-17/h1-7,9,11-12,20H,8,10H2,(H,29,30)/t20-/m1/s1. The van der Waals surface area contributed by atoms with Gasteiger partial charge in [-0.15, -0.1) is 10.2 Å². The second-order valence-electron chi connectivity index (χ2n) is 8.19. The maximum Gasteiger partial charge on any atom is 0.416 e. The molecule has 0 saturated heterocycles. The number of carbonyl (C=O) groups excluding carboxylic acids is 1. The van der Waals surface area contributed by atoms with Crippen LogP contribution in [0.1, 0.15) is 39.4 Å². The van der Waals surface area contributed by atoms with E-state index < -0.39 is 23.7 Å². The van der Waals surface area contributed by atoms with Crippen molar-refractivity contribution < 1.29 is 22.4 Å². The number of alkyl halides is 3. The van der Waals surface area contributed by atoms with E-state index >= 15 is 0 Å². The first-order valence-electron chi connectivity index (χ1n) is 10.9. The van der Waals surface area contributed by atoms with Gasteiger partial charge in [0, 0.05) is 30.2 Å². The number of halogens is 3. The number of aromatic amines is 1. The van der Waals surface area contributed by atoms with Crippen molar-refractivity contribution in [1.29, 1.82) is 0 Å². The molecule has 0 unspecified atom stereocenters. The summed E-state index contributed by atoms with van der Waals surface area (Å²) in [4.78, 5) is 31.2. The Morgan fingerprint density at radius 1 is 1.08 bits per heavy atom. The van der Waals surface area contributed by atoms with E-state index in [9.17, 15) is 18.0 Å². The van der Waals surface area contributed by atoms with E-state index in [1.54, 1.807) is 6.33 Å². The lowest BCUT2D eigenvalue weighted by Gasteiger charge is -2.33. The fourth-order valence-corrected chi connectivity index (χ4v) is 4.29. The average molecular weight is 491 g/mol. The van der Waals surface area contributed by atoms with E-state index in [0.717, 1.165) is 34.9 Å². The van der Waals surface area contributed by atoms with Gasteiger partial charge in [0.15, 0.2) is 0 Å². The minimum absolute atomic E-state index is 0.183. The van der Waals surface area contributed by atoms with Crippen LogP contribution in [0.25, 0.3) is 22.5 Å². The smallest absolute Gasteiger partial charge is 0.411 e. The number of pyridine rings is 2. The predicted molar refractivity (Wildman–Crippen MR) is 119 cm³/mol. The number of nitrogens with one attached hydrogen (secondary N) is 1. The average Bonchev–Trinajstić information content (AvgIpc) is 3.57. The first-order valence-corrected chi connectivity index (χ1v) is 10.9. The van der Waals surface area contributed by atoms with Crippen molar-refractivity contribution in [3.8, 4) is 11.6 Å². The number of fused-ring (bicyclic) bond motifs is 2. The highest BCUT2D eigenvalue weighted by Gasteiger charge is 2.38. The second kappa shape index (κ2) is 8.26. The lowest BCUT2D eigenvalue weighted by Crippen LogP contribution is -2.41. The van der Waals surface area contributed by atoms with Gasteiger partial charge < -0.3 is 14.3 Å². The van der Waals surface area contributed by atoms with Crippen LogP contribution in [0.15, 0.2) is 65.5 Å². The number of carbonyl (C=O) groups is 1. The third kappa shape index (κ3) is 3.76. The summed E-state index contributed by atoms with van der Waals surface area (Å²) in [5.74, 6) is -1.24. The van der Waals surface area contributed by atoms with E-state index in [0.29, 0.717) is 24.4 Å². The van der Waals surface area contributed by atoms with Crippen molar-refractivity contribution in [2.75, 3.05) is 6.54 Å². The Bertz CT molecular complexity index is 1590. The van der Waals surface area contributed by atoms with Crippen LogP contribution in [0.2, 0.25) is 0 Å². The predicted octanol–water partition coefficient (Wildman–Crippen LogP) is 4.21. The molecular weight excluding hydrogens is 475 g/mol. The zero-order valence-electron chi connectivity index (χ0n) is 18.4. The largest absolute Gasteiger partial charge is 0.416 e. The molecule has 0 radical (unpaired) electrons. The van der Waals surface area contributed by atoms with Crippen LogP contribution in [-0.2, 0) is 12.6 Å². The molecular formula is C24H16F3N7O2. The van der Waals surface area contributed by atoms with Crippen molar-refractivity contribution in [2.24, 2.45) is 0 Å². The molecule has 0 aliphatic carbocycles. The second-order valence-corrected chi connectivity index (χ2v) is 8.19. The third-order valence-corrected chi connectivity index (χ3v) is 6.00. The zero-order valence-corrected chi connectivity index (χ0v) is 18.4. The highest BCUT2D eigenvalue weighted by atomic mass is 19.4. The maximum atomic E-state index is 13.5. The van der Waals surface area contributed by atoms with Gasteiger partial charge in [0.25, 0.3) is 5.89 Å². The summed E-state index contributed by atoms with van der Waals surface area (Å²) in [6.45, 7) is 0.312. The number of hydrogen-bond acceptors (Lipinski definition) is 7. The molecule has 1 aliphatic rings. The molecule has 0 saturated carbocycles. The monoisotopic (exact) mass is 491 g/mol. The van der Waals surface area contributed by atoms with Gasteiger partial charge >= 0.3 is 18.0 Å². The highest BCUT2D eigenvalue weighted by molar-refractivity contribution is 5.90. The van der Waals surface area contributed by atoms with Crippen LogP contribution in [0, 0.1) is 0 Å². The summed E-state index contributed by atoms with van der Waals surface area (Å²) in [7, 11) is 0. The van der Waals surface area contributed by atoms with E-state index in [1.165, 1.54) is 4.90 Å². The molecule has 180 valence electrons. The summed E-state index contributed by atoms with van der Waals surface area (Å²) >= 11 is 0. The molecule has 36 heavy (non-hydrogen) atoms. The molecule has 1 atom stereocenters. The molecule has 1 N–H and O–H groups in total. The van der Waals surface area contributed by atoms with Gasteiger partial charge in [-0.25, -0.2) is 4.98 Å². The van der Waals surface area contributed by atoms with Gasteiger partial charge in [0.05, 0.1) is 28.8 Å². The molecule has 4 aromatic heterocycles. The van der Waals surface area contributed by atoms with Crippen LogP contribution in [0.5, 0.6) is 0 Å². The quantitative estimate of drug-likeness (QED) is 0.402. The van der Waals surface area contributed by atoms with Crippen LogP contribution in [0.3, 0.4) is 0 Å². The summed E-state index contributed by atoms with van der Waals surface area (Å²) in [6, 6.07) is 12.4. The number of aromatic nitrogens is 6. The Morgan fingerprint density at radius 2 is 1.94 bits per heavy atom. The number of nitrogens with zero attached hydrogens (tertiary/aromatic N) is 6. The fourth-order valence-electron chi connectivity index (χ4n) is 4.29. The Labute approximate surface area is 201 Å². The van der Waals surface area contributed by atoms with E-state index in [4.69, 9.17) is 9.40 Å². The Balaban J connectivity index is 1.36. The molecule has 5 heterocycles. The molecule has 6 rings (SSSR count). The summed E-state index contributed by atoms with van der Waals surface area (Å²) in [5.41, 5.74) is 1.81. The Hall–Kier alpha value is -4.61. The number of imidazole rings is 1. The molecule has 0 fully saturated rings. The number of hydrogen-bond donors (Lipinski definition) is 1. The molecule has 5 aromatic rings. The van der Waals surface area contributed by atoms with Crippen LogP contribution in [0.4, 0.5) is 13.2 Å². The van der Waals surface area contributed by atoms with Crippen molar-refractivity contribution in [2.45, 2.75) is 18.6 Å². The van der Waals surface area contributed by atoms with E-state index in [2.05, 4.69) is 25.1 Å². The molecule has 9 nitrogen and oxygen atoms in total. The van der Waals surface area contributed by atoms with Gasteiger partial charge in [-0.1, -0.05) is 24.3 Å². The molecule has 1 aliphatic heterocycles. The number of benzene rings is 1. The SMILES string of the molecule is O=C(c1nnc(-c2cc(C(F)(F)F)ccn2)o1)N1CCc2[nH]cnc2[C@H]1c1ccc2ccccc2n1. The van der Waals surface area contributed by atoms with Crippen molar-refractivity contribution in [3.05, 3.63) is 89.6 Å². The fraction of sp³-hybridized carbons (Fsp3) is 0.167. The summed E-state index contributed by atoms with van der Waals surface area (Å²) in [6.07, 6.45) is -1.49. The molecule has 0 spiro atoms. The summed E-state index contributed by atoms with van der Waals surface area (Å²) in [5, 5.41) is 8.52. The van der Waals surface area contributed by atoms with Crippen molar-refractivity contribution in [1.82, 2.24) is 35.0 Å². The number of H-pyrrole nitrogens is 1. The molecule has 1 amide bonds. The van der Waals surface area contributed by atoms with Gasteiger partial charge in [0.1, 0.15) is 11.7 Å². The minimum Gasteiger partial charge on any atom is -0.411 e. The van der Waals surface area contributed by atoms with E-state index in [1.807, 2.05) is 36.4 Å². The number of rotatable bonds is 3. The number of para-hydroxylation sites is 1. The lowest BCUT2D eigenvalue weighted by molar-refractivity contribution is -0.137. The Kier molecular flexibility index (Phi) is 5.02. The van der Waals surface area contributed by atoms with Gasteiger partial charge in [0.2, 0.25) is 0 Å². The van der Waals surface area contributed by atoms with Gasteiger partial charge in [-0.05, 0) is 24.3 Å². The Morgan fingerprint density at radius 3 is 2.81 bits per heavy atom. The minimum atomic E-state index is -4.56. The zero-order chi connectivity index (χ0) is 24.9. The van der Waals surface area contributed by atoms with Crippen molar-refractivity contribution >= 4 is 16.8 Å². The lowest BCUT2D eigenvalue weighted by atomic mass is 9.98. The first-order chi connectivity index (χ1) is 17.4. The molecule has 1 aromatic carbocycles. The topological polar surface area (TPSA) is 114 Å². The normalized spacial score (nSPS) is 15.8. The highest BCUT2D eigenvalue weighted by Crippen LogP contribution is 2.35. The first kappa shape index (κ1) is 21.9. The summed E-state index contributed by atoms with van der Waals surface area (Å²) < 4.78 is 44.7. The van der Waals surface area contributed by atoms with Crippen LogP contribution >= 0.6 is 0 Å². The third-order valence-electron chi connectivity index (χ3n) is 6.00. The van der Waals surface area contributed by atoms with Gasteiger partial charge in [-0.3, -0.25) is 14.8 Å². The maximum absolute atomic E-state index is 13.5. The number of amides is 1. The van der Waals surface area contributed by atoms with E-state index in [-0.39, 0.29) is 17.5 Å². The van der Waals surface area contributed by atoms with Crippen molar-refractivity contribution in [3.63, 3.8) is 0 Å². The molecule has 12 heteroatoms. The van der Waals surface area contributed by atoms with Crippen LogP contribution < -0.4 is 0 Å². The van der Waals surface area contributed by atoms with Crippen LogP contribution in [-0.4, -0.2) is 47.5 Å².